The monoisotopic (exact) mass is 399 g/mol. The third-order valence-electron chi connectivity index (χ3n) is 6.61. The summed E-state index contributed by atoms with van der Waals surface area (Å²) in [7, 11) is 0. The number of nitrogens with one attached hydrogen (secondary N) is 1. The normalized spacial score (nSPS) is 33.6. The summed E-state index contributed by atoms with van der Waals surface area (Å²) in [5, 5.41) is 27.4. The number of hydrogen-bond acceptors (Lipinski definition) is 6. The number of aliphatic hydroxyl groups excluding tert-OH is 1. The molecule has 0 aliphatic heterocycles. The van der Waals surface area contributed by atoms with Gasteiger partial charge in [0.25, 0.3) is 0 Å². The molecule has 0 aromatic carbocycles. The van der Waals surface area contributed by atoms with Crippen molar-refractivity contribution in [2.45, 2.75) is 63.1 Å². The first-order valence-corrected chi connectivity index (χ1v) is 10.8. The van der Waals surface area contributed by atoms with Gasteiger partial charge in [0.1, 0.15) is 0 Å². The molecule has 7 nitrogen and oxygen atoms in total. The first-order valence-electron chi connectivity index (χ1n) is 9.93. The van der Waals surface area contributed by atoms with Crippen LogP contribution in [0.3, 0.4) is 0 Å². The molecule has 6 rings (SSSR count). The standard InChI is InChI=1S/C20H25N5O2S/c1-13-22-24-25(23-13)20-8-14-4-15(9-20)7-19(6-14,12-20)21-18(27)3-2-17-5-16(10-26)11-28-17/h2-3,5,11,14-15,26H,4,6-10,12H2,1H3,(H,21,27). The van der Waals surface area contributed by atoms with E-state index in [-0.39, 0.29) is 23.6 Å². The molecule has 2 aromatic rings. The molecule has 28 heavy (non-hydrogen) atoms. The fraction of sp³-hybridized carbons (Fsp3) is 0.600. The van der Waals surface area contributed by atoms with E-state index in [1.54, 1.807) is 6.08 Å². The molecule has 2 aromatic heterocycles. The Morgan fingerprint density at radius 3 is 2.82 bits per heavy atom. The second-order valence-electron chi connectivity index (χ2n) is 8.93. The van der Waals surface area contributed by atoms with Crippen LogP contribution in [0.15, 0.2) is 17.5 Å². The maximum absolute atomic E-state index is 12.7. The Kier molecular flexibility index (Phi) is 4.17. The number of aryl methyl sites for hydroxylation is 1. The molecule has 148 valence electrons. The van der Waals surface area contributed by atoms with Crippen molar-refractivity contribution in [1.29, 1.82) is 0 Å². The zero-order valence-corrected chi connectivity index (χ0v) is 16.8. The van der Waals surface area contributed by atoms with Crippen LogP contribution < -0.4 is 5.32 Å². The van der Waals surface area contributed by atoms with Gasteiger partial charge in [0.2, 0.25) is 5.91 Å². The van der Waals surface area contributed by atoms with Gasteiger partial charge in [-0.25, -0.2) is 0 Å². The Hall–Kier alpha value is -2.06. The van der Waals surface area contributed by atoms with Gasteiger partial charge in [-0.2, -0.15) is 4.80 Å². The van der Waals surface area contributed by atoms with Crippen molar-refractivity contribution in [3.05, 3.63) is 33.8 Å². The van der Waals surface area contributed by atoms with E-state index in [1.807, 2.05) is 29.2 Å². The van der Waals surface area contributed by atoms with Crippen molar-refractivity contribution >= 4 is 23.3 Å². The third-order valence-corrected chi connectivity index (χ3v) is 7.56. The van der Waals surface area contributed by atoms with Gasteiger partial charge in [-0.1, -0.05) is 0 Å². The lowest BCUT2D eigenvalue weighted by molar-refractivity contribution is -0.127. The summed E-state index contributed by atoms with van der Waals surface area (Å²) in [5.41, 5.74) is 0.605. The molecule has 4 aliphatic carbocycles. The minimum atomic E-state index is -0.168. The maximum atomic E-state index is 12.7. The predicted molar refractivity (Wildman–Crippen MR) is 105 cm³/mol. The summed E-state index contributed by atoms with van der Waals surface area (Å²) in [5.74, 6) is 1.89. The number of thiophene rings is 1. The third kappa shape index (κ3) is 3.08. The molecule has 2 heterocycles. The van der Waals surface area contributed by atoms with Crippen LogP contribution in [0.25, 0.3) is 6.08 Å². The summed E-state index contributed by atoms with van der Waals surface area (Å²) in [6.07, 6.45) is 9.86. The summed E-state index contributed by atoms with van der Waals surface area (Å²) in [6, 6.07) is 1.91. The minimum absolute atomic E-state index is 0.0281. The highest BCUT2D eigenvalue weighted by Crippen LogP contribution is 2.60. The average molecular weight is 400 g/mol. The van der Waals surface area contributed by atoms with Crippen LogP contribution in [0.4, 0.5) is 0 Å². The van der Waals surface area contributed by atoms with Crippen LogP contribution in [0.2, 0.25) is 0 Å². The van der Waals surface area contributed by atoms with Gasteiger partial charge < -0.3 is 10.4 Å². The largest absolute Gasteiger partial charge is 0.392 e. The molecule has 1 amide bonds. The molecule has 0 radical (unpaired) electrons. The maximum Gasteiger partial charge on any atom is 0.244 e. The second kappa shape index (κ2) is 6.49. The van der Waals surface area contributed by atoms with E-state index in [0.717, 1.165) is 42.5 Å². The molecule has 2 unspecified atom stereocenters. The molecule has 0 spiro atoms. The van der Waals surface area contributed by atoms with Crippen molar-refractivity contribution in [2.24, 2.45) is 11.8 Å². The number of hydrogen-bond donors (Lipinski definition) is 2. The number of carbonyl (C=O) groups excluding carboxylic acids is 1. The van der Waals surface area contributed by atoms with Crippen LogP contribution in [-0.2, 0) is 16.9 Å². The molecular formula is C20H25N5O2S. The molecule has 4 saturated carbocycles. The Morgan fingerprint density at radius 1 is 1.39 bits per heavy atom. The fourth-order valence-corrected chi connectivity index (χ4v) is 6.90. The average Bonchev–Trinajstić information content (AvgIpc) is 3.27. The molecule has 8 heteroatoms. The van der Waals surface area contributed by atoms with E-state index in [1.165, 1.54) is 17.8 Å². The van der Waals surface area contributed by atoms with Gasteiger partial charge in [0.15, 0.2) is 5.82 Å². The number of rotatable bonds is 5. The summed E-state index contributed by atoms with van der Waals surface area (Å²) < 4.78 is 0. The number of nitrogens with zero attached hydrogens (tertiary/aromatic N) is 4. The van der Waals surface area contributed by atoms with Crippen molar-refractivity contribution in [2.75, 3.05) is 0 Å². The predicted octanol–water partition coefficient (Wildman–Crippen LogP) is 2.41. The number of tetrazole rings is 1. The van der Waals surface area contributed by atoms with Gasteiger partial charge in [-0.15, -0.1) is 21.5 Å². The van der Waals surface area contributed by atoms with Crippen LogP contribution >= 0.6 is 11.3 Å². The minimum Gasteiger partial charge on any atom is -0.392 e. The van der Waals surface area contributed by atoms with Crippen LogP contribution in [0.1, 0.15) is 54.8 Å². The zero-order chi connectivity index (χ0) is 19.4. The number of carbonyl (C=O) groups is 1. The van der Waals surface area contributed by atoms with E-state index in [0.29, 0.717) is 17.7 Å². The lowest BCUT2D eigenvalue weighted by Crippen LogP contribution is -2.66. The van der Waals surface area contributed by atoms with Gasteiger partial charge in [-0.05, 0) is 85.6 Å². The quantitative estimate of drug-likeness (QED) is 0.753. The SMILES string of the molecule is Cc1nnn(C23CC4CC(CC(NC(=O)C=Cc5cc(CO)cs5)(C4)C2)C3)n1. The molecule has 0 saturated heterocycles. The summed E-state index contributed by atoms with van der Waals surface area (Å²) in [6.45, 7) is 1.90. The first-order chi connectivity index (χ1) is 13.5. The molecular weight excluding hydrogens is 374 g/mol. The van der Waals surface area contributed by atoms with Gasteiger partial charge >= 0.3 is 0 Å². The highest BCUT2D eigenvalue weighted by atomic mass is 32.1. The lowest BCUT2D eigenvalue weighted by Gasteiger charge is -2.61. The Morgan fingerprint density at radius 2 is 2.18 bits per heavy atom. The van der Waals surface area contributed by atoms with Crippen molar-refractivity contribution in [3.63, 3.8) is 0 Å². The molecule has 2 N–H and O–H groups in total. The highest BCUT2D eigenvalue weighted by Gasteiger charge is 2.60. The number of aliphatic hydroxyl groups is 1. The van der Waals surface area contributed by atoms with E-state index in [4.69, 9.17) is 0 Å². The first kappa shape index (κ1) is 18.0. The Balaban J connectivity index is 1.35. The van der Waals surface area contributed by atoms with Gasteiger partial charge in [0, 0.05) is 16.5 Å². The van der Waals surface area contributed by atoms with Crippen molar-refractivity contribution < 1.29 is 9.90 Å². The van der Waals surface area contributed by atoms with Gasteiger partial charge in [0.05, 0.1) is 12.1 Å². The smallest absolute Gasteiger partial charge is 0.244 e. The molecule has 4 aliphatic rings. The molecule has 2 atom stereocenters. The second-order valence-corrected chi connectivity index (χ2v) is 9.87. The van der Waals surface area contributed by atoms with Crippen LogP contribution in [0, 0.1) is 18.8 Å². The van der Waals surface area contributed by atoms with E-state index < -0.39 is 0 Å². The number of aromatic nitrogens is 4. The van der Waals surface area contributed by atoms with Crippen molar-refractivity contribution in [1.82, 2.24) is 25.5 Å². The van der Waals surface area contributed by atoms with E-state index in [2.05, 4.69) is 20.7 Å². The zero-order valence-electron chi connectivity index (χ0n) is 16.0. The Bertz CT molecular complexity index is 919. The van der Waals surface area contributed by atoms with Crippen molar-refractivity contribution in [3.8, 4) is 0 Å². The highest BCUT2D eigenvalue weighted by molar-refractivity contribution is 7.11. The fourth-order valence-electron chi connectivity index (χ4n) is 6.11. The van der Waals surface area contributed by atoms with Crippen LogP contribution in [-0.4, -0.2) is 36.8 Å². The summed E-state index contributed by atoms with van der Waals surface area (Å²) in [4.78, 5) is 15.6. The van der Waals surface area contributed by atoms with Gasteiger partial charge in [-0.3, -0.25) is 4.79 Å². The van der Waals surface area contributed by atoms with Crippen LogP contribution in [0.5, 0.6) is 0 Å². The summed E-state index contributed by atoms with van der Waals surface area (Å²) >= 11 is 1.53. The van der Waals surface area contributed by atoms with E-state index >= 15 is 0 Å². The number of amides is 1. The molecule has 4 bridgehead atoms. The molecule has 4 fully saturated rings. The Labute approximate surface area is 167 Å². The lowest BCUT2D eigenvalue weighted by atomic mass is 9.50. The topological polar surface area (TPSA) is 92.9 Å². The van der Waals surface area contributed by atoms with E-state index in [9.17, 15) is 9.90 Å².